The Kier molecular flexibility index (Phi) is 7.74. The maximum atomic E-state index is 13.5. The molecular formula is C24H14Cl3N3O6S. The van der Waals surface area contributed by atoms with E-state index in [0.29, 0.717) is 0 Å². The quantitative estimate of drug-likeness (QED) is 0.157. The number of carbonyl (C=O) groups is 3. The highest BCUT2D eigenvalue weighted by Gasteiger charge is 2.35. The standard InChI is InChI=1S/C24H14Cl3N3O6S/c25-14-11-18(26)20(19(27)12-14)29(21(31)13-4-3-5-15(10-13)30(34)35)24(37)36-9-8-28-22(32)16-6-1-2-7-17(16)23(28)33/h1-7,10-12H,8-9H2. The lowest BCUT2D eigenvalue weighted by Crippen LogP contribution is -2.40. The van der Waals surface area contributed by atoms with Crippen LogP contribution in [0.25, 0.3) is 0 Å². The third kappa shape index (κ3) is 5.28. The SMILES string of the molecule is O=C1c2ccccc2C(=O)N1CCOC(=S)N(C(=O)c1cccc([N+](=O)[O-])c1)c1c(Cl)cc(Cl)cc1Cl. The van der Waals surface area contributed by atoms with Crippen LogP contribution in [0.4, 0.5) is 11.4 Å². The first-order valence-corrected chi connectivity index (χ1v) is 12.0. The zero-order valence-corrected chi connectivity index (χ0v) is 21.6. The summed E-state index contributed by atoms with van der Waals surface area (Å²) in [6.45, 7) is -0.417. The van der Waals surface area contributed by atoms with E-state index in [4.69, 9.17) is 51.8 Å². The van der Waals surface area contributed by atoms with Crippen molar-refractivity contribution in [3.8, 4) is 0 Å². The average molecular weight is 579 g/mol. The van der Waals surface area contributed by atoms with Crippen molar-refractivity contribution >= 4 is 81.3 Å². The molecule has 1 aliphatic heterocycles. The Morgan fingerprint density at radius 3 is 2.14 bits per heavy atom. The molecule has 1 heterocycles. The minimum Gasteiger partial charge on any atom is -0.468 e. The van der Waals surface area contributed by atoms with Crippen molar-refractivity contribution in [3.63, 3.8) is 0 Å². The van der Waals surface area contributed by atoms with Gasteiger partial charge >= 0.3 is 0 Å². The van der Waals surface area contributed by atoms with E-state index in [1.54, 1.807) is 24.3 Å². The normalized spacial score (nSPS) is 12.4. The zero-order valence-electron chi connectivity index (χ0n) is 18.5. The van der Waals surface area contributed by atoms with Gasteiger partial charge < -0.3 is 4.74 Å². The predicted molar refractivity (Wildman–Crippen MR) is 142 cm³/mol. The predicted octanol–water partition coefficient (Wildman–Crippen LogP) is 5.80. The number of non-ortho nitro benzene ring substituents is 1. The molecule has 3 amide bonds. The van der Waals surface area contributed by atoms with Gasteiger partial charge in [-0.2, -0.15) is 0 Å². The number of benzene rings is 3. The van der Waals surface area contributed by atoms with E-state index < -0.39 is 27.8 Å². The third-order valence-corrected chi connectivity index (χ3v) is 6.41. The highest BCUT2D eigenvalue weighted by Crippen LogP contribution is 2.38. The molecule has 0 N–H and O–H groups in total. The first-order valence-electron chi connectivity index (χ1n) is 10.5. The number of ether oxygens (including phenoxy) is 1. The van der Waals surface area contributed by atoms with Gasteiger partial charge in [-0.3, -0.25) is 29.4 Å². The van der Waals surface area contributed by atoms with Crippen LogP contribution in [0.3, 0.4) is 0 Å². The number of imide groups is 1. The van der Waals surface area contributed by atoms with E-state index in [-0.39, 0.29) is 56.3 Å². The smallest absolute Gasteiger partial charge is 0.271 e. The number of thiocarbonyl (C=S) groups is 1. The molecule has 0 unspecified atom stereocenters. The van der Waals surface area contributed by atoms with Crippen molar-refractivity contribution in [2.45, 2.75) is 0 Å². The lowest BCUT2D eigenvalue weighted by molar-refractivity contribution is -0.384. The van der Waals surface area contributed by atoms with Gasteiger partial charge in [0, 0.05) is 22.7 Å². The van der Waals surface area contributed by atoms with Crippen LogP contribution in [0.5, 0.6) is 0 Å². The van der Waals surface area contributed by atoms with Gasteiger partial charge in [0.25, 0.3) is 28.6 Å². The van der Waals surface area contributed by atoms with Crippen LogP contribution < -0.4 is 4.90 Å². The van der Waals surface area contributed by atoms with Crippen molar-refractivity contribution in [1.29, 1.82) is 0 Å². The molecule has 9 nitrogen and oxygen atoms in total. The fourth-order valence-electron chi connectivity index (χ4n) is 3.64. The molecule has 0 radical (unpaired) electrons. The average Bonchev–Trinajstić information content (AvgIpc) is 3.10. The molecule has 0 aliphatic carbocycles. The summed E-state index contributed by atoms with van der Waals surface area (Å²) in [5.74, 6) is -1.78. The molecular weight excluding hydrogens is 565 g/mol. The zero-order chi connectivity index (χ0) is 26.9. The first-order chi connectivity index (χ1) is 17.6. The fourth-order valence-corrected chi connectivity index (χ4v) is 4.88. The van der Waals surface area contributed by atoms with Crippen molar-refractivity contribution < 1.29 is 24.0 Å². The summed E-state index contributed by atoms with van der Waals surface area (Å²) in [6.07, 6.45) is 0. The molecule has 0 fully saturated rings. The second-order valence-corrected chi connectivity index (χ2v) is 9.19. The van der Waals surface area contributed by atoms with E-state index in [1.165, 1.54) is 30.3 Å². The number of fused-ring (bicyclic) bond motifs is 1. The monoisotopic (exact) mass is 577 g/mol. The number of nitro benzene ring substituents is 1. The van der Waals surface area contributed by atoms with Gasteiger partial charge in [-0.15, -0.1) is 0 Å². The molecule has 0 spiro atoms. The van der Waals surface area contributed by atoms with Crippen LogP contribution in [-0.2, 0) is 4.74 Å². The molecule has 0 bridgehead atoms. The molecule has 37 heavy (non-hydrogen) atoms. The van der Waals surface area contributed by atoms with Crippen LogP contribution in [0.15, 0.2) is 60.7 Å². The summed E-state index contributed by atoms with van der Waals surface area (Å²) in [6, 6.07) is 14.0. The van der Waals surface area contributed by atoms with Gasteiger partial charge in [-0.25, -0.2) is 4.90 Å². The summed E-state index contributed by atoms with van der Waals surface area (Å²) >= 11 is 24.0. The minimum absolute atomic E-state index is 0.0393. The Balaban J connectivity index is 1.60. The van der Waals surface area contributed by atoms with E-state index in [2.05, 4.69) is 0 Å². The third-order valence-electron chi connectivity index (χ3n) is 5.31. The van der Waals surface area contributed by atoms with E-state index >= 15 is 0 Å². The van der Waals surface area contributed by atoms with Gasteiger partial charge in [-0.1, -0.05) is 53.0 Å². The number of halogens is 3. The Morgan fingerprint density at radius 1 is 0.973 bits per heavy atom. The molecule has 3 aromatic carbocycles. The summed E-state index contributed by atoms with van der Waals surface area (Å²) < 4.78 is 5.58. The van der Waals surface area contributed by atoms with Crippen molar-refractivity contribution in [3.05, 3.63) is 103 Å². The molecule has 1 aliphatic rings. The van der Waals surface area contributed by atoms with Gasteiger partial charge in [0.1, 0.15) is 6.61 Å². The van der Waals surface area contributed by atoms with Crippen LogP contribution >= 0.6 is 47.0 Å². The molecule has 3 aromatic rings. The number of hydrogen-bond donors (Lipinski definition) is 0. The fraction of sp³-hybridized carbons (Fsp3) is 0.0833. The molecule has 0 aromatic heterocycles. The van der Waals surface area contributed by atoms with Crippen LogP contribution in [0.2, 0.25) is 15.1 Å². The second kappa shape index (κ2) is 10.8. The summed E-state index contributed by atoms with van der Waals surface area (Å²) in [5.41, 5.74) is 0.0728. The number of amides is 3. The Hall–Kier alpha value is -3.57. The summed E-state index contributed by atoms with van der Waals surface area (Å²) in [4.78, 5) is 51.1. The number of anilines is 1. The topological polar surface area (TPSA) is 110 Å². The maximum Gasteiger partial charge on any atom is 0.271 e. The molecule has 13 heteroatoms. The van der Waals surface area contributed by atoms with Crippen LogP contribution in [-0.4, -0.2) is 45.9 Å². The minimum atomic E-state index is -0.819. The number of nitro groups is 1. The highest BCUT2D eigenvalue weighted by molar-refractivity contribution is 7.80. The Morgan fingerprint density at radius 2 is 1.57 bits per heavy atom. The number of hydrogen-bond acceptors (Lipinski definition) is 7. The van der Waals surface area contributed by atoms with Crippen molar-refractivity contribution in [2.75, 3.05) is 18.1 Å². The van der Waals surface area contributed by atoms with E-state index in [1.807, 2.05) is 0 Å². The first kappa shape index (κ1) is 26.5. The van der Waals surface area contributed by atoms with E-state index in [9.17, 15) is 24.5 Å². The van der Waals surface area contributed by atoms with E-state index in [0.717, 1.165) is 15.9 Å². The highest BCUT2D eigenvalue weighted by atomic mass is 35.5. The van der Waals surface area contributed by atoms with Gasteiger partial charge in [0.2, 0.25) is 0 Å². The lowest BCUT2D eigenvalue weighted by Gasteiger charge is -2.25. The summed E-state index contributed by atoms with van der Waals surface area (Å²) in [5, 5.41) is 10.9. The second-order valence-electron chi connectivity index (χ2n) is 7.59. The van der Waals surface area contributed by atoms with Crippen molar-refractivity contribution in [2.24, 2.45) is 0 Å². The molecule has 4 rings (SSSR count). The number of carbonyl (C=O) groups excluding carboxylic acids is 3. The van der Waals surface area contributed by atoms with Gasteiger partial charge in [0.05, 0.1) is 38.3 Å². The molecule has 0 saturated carbocycles. The Labute approximate surface area is 230 Å². The molecule has 188 valence electrons. The van der Waals surface area contributed by atoms with Crippen LogP contribution in [0.1, 0.15) is 31.1 Å². The van der Waals surface area contributed by atoms with Gasteiger partial charge in [-0.05, 0) is 42.5 Å². The number of nitrogens with zero attached hydrogens (tertiary/aromatic N) is 3. The molecule has 0 saturated heterocycles. The maximum absolute atomic E-state index is 13.5. The summed E-state index contributed by atoms with van der Waals surface area (Å²) in [7, 11) is 0. The Bertz CT molecular complexity index is 1420. The van der Waals surface area contributed by atoms with Crippen LogP contribution in [0, 0.1) is 10.1 Å². The largest absolute Gasteiger partial charge is 0.468 e. The molecule has 0 atom stereocenters. The van der Waals surface area contributed by atoms with Crippen molar-refractivity contribution in [1.82, 2.24) is 4.90 Å². The lowest BCUT2D eigenvalue weighted by atomic mass is 10.1. The number of rotatable bonds is 6. The van der Waals surface area contributed by atoms with Gasteiger partial charge in [0.15, 0.2) is 0 Å².